The van der Waals surface area contributed by atoms with Crippen LogP contribution in [0.25, 0.3) is 0 Å². The molecule has 1 N–H and O–H groups in total. The van der Waals surface area contributed by atoms with Crippen LogP contribution in [0.3, 0.4) is 0 Å². The molecule has 2 fully saturated rings. The second kappa shape index (κ2) is 7.11. The van der Waals surface area contributed by atoms with E-state index in [1.807, 2.05) is 24.3 Å². The van der Waals surface area contributed by atoms with Gasteiger partial charge in [-0.15, -0.1) is 0 Å². The molecule has 0 bridgehead atoms. The molecule has 0 unspecified atom stereocenters. The normalized spacial score (nSPS) is 22.3. The number of likely N-dealkylation sites (tertiary alicyclic amines) is 1. The number of benzene rings is 1. The summed E-state index contributed by atoms with van der Waals surface area (Å²) in [5.41, 5.74) is 0.789. The number of nitrogens with one attached hydrogen (secondary N) is 1. The summed E-state index contributed by atoms with van der Waals surface area (Å²) >= 11 is 5.97. The predicted octanol–water partition coefficient (Wildman–Crippen LogP) is 2.33. The van der Waals surface area contributed by atoms with Crippen molar-refractivity contribution in [3.8, 4) is 0 Å². The van der Waals surface area contributed by atoms with Gasteiger partial charge in [-0.25, -0.2) is 0 Å². The summed E-state index contributed by atoms with van der Waals surface area (Å²) in [5, 5.41) is 3.90. The summed E-state index contributed by atoms with van der Waals surface area (Å²) in [6, 6.07) is 7.67. The van der Waals surface area contributed by atoms with Crippen LogP contribution in [0.2, 0.25) is 5.02 Å². The van der Waals surface area contributed by atoms with Crippen LogP contribution < -0.4 is 5.32 Å². The number of amides is 2. The van der Waals surface area contributed by atoms with Crippen molar-refractivity contribution >= 4 is 23.4 Å². The van der Waals surface area contributed by atoms with Gasteiger partial charge in [0, 0.05) is 31.6 Å². The molecular weight excluding hydrogens is 328 g/mol. The zero-order chi connectivity index (χ0) is 17.2. The van der Waals surface area contributed by atoms with Crippen LogP contribution in [0, 0.1) is 5.92 Å². The van der Waals surface area contributed by atoms with Crippen molar-refractivity contribution in [2.75, 3.05) is 26.8 Å². The second-order valence-electron chi connectivity index (χ2n) is 6.67. The van der Waals surface area contributed by atoms with Gasteiger partial charge in [0.15, 0.2) is 0 Å². The second-order valence-corrected chi connectivity index (χ2v) is 7.10. The lowest BCUT2D eigenvalue weighted by Gasteiger charge is -2.43. The molecule has 0 spiro atoms. The smallest absolute Gasteiger partial charge is 0.226 e. The molecule has 0 radical (unpaired) electrons. The molecule has 130 valence electrons. The number of nitrogens with zero attached hydrogens (tertiary/aromatic N) is 1. The van der Waals surface area contributed by atoms with Crippen molar-refractivity contribution in [2.24, 2.45) is 5.92 Å². The van der Waals surface area contributed by atoms with Crippen LogP contribution in [0.5, 0.6) is 0 Å². The SMILES string of the molecule is COCCN1C[C@@H](C(=O)NC2(c3ccc(Cl)cc3)CCC2)CC1=O. The van der Waals surface area contributed by atoms with Crippen molar-refractivity contribution in [2.45, 2.75) is 31.2 Å². The quantitative estimate of drug-likeness (QED) is 0.856. The van der Waals surface area contributed by atoms with Crippen LogP contribution in [-0.4, -0.2) is 43.5 Å². The maximum Gasteiger partial charge on any atom is 0.226 e. The van der Waals surface area contributed by atoms with E-state index in [4.69, 9.17) is 16.3 Å². The minimum absolute atomic E-state index is 0.0290. The van der Waals surface area contributed by atoms with Gasteiger partial charge in [0.05, 0.1) is 18.1 Å². The molecule has 1 heterocycles. The first-order chi connectivity index (χ1) is 11.5. The molecule has 1 aliphatic heterocycles. The van der Waals surface area contributed by atoms with Gasteiger partial charge < -0.3 is 15.0 Å². The van der Waals surface area contributed by atoms with Crippen LogP contribution >= 0.6 is 11.6 Å². The number of rotatable bonds is 6. The third kappa shape index (κ3) is 3.42. The lowest BCUT2D eigenvalue weighted by atomic mass is 9.71. The van der Waals surface area contributed by atoms with E-state index in [0.29, 0.717) is 24.7 Å². The standard InChI is InChI=1S/C18H23ClN2O3/c1-24-10-9-21-12-13(11-16(21)22)17(23)20-18(7-2-8-18)14-3-5-15(19)6-4-14/h3-6,13H,2,7-12H2,1H3,(H,20,23)/t13-/m0/s1. The molecule has 1 aliphatic carbocycles. The molecule has 24 heavy (non-hydrogen) atoms. The van der Waals surface area contributed by atoms with Gasteiger partial charge in [0.25, 0.3) is 0 Å². The number of ether oxygens (including phenoxy) is 1. The molecule has 1 saturated heterocycles. The topological polar surface area (TPSA) is 58.6 Å². The Morgan fingerprint density at radius 3 is 2.67 bits per heavy atom. The number of carbonyl (C=O) groups excluding carboxylic acids is 2. The summed E-state index contributed by atoms with van der Waals surface area (Å²) in [7, 11) is 1.61. The first-order valence-corrected chi connectivity index (χ1v) is 8.77. The molecule has 0 aromatic heterocycles. The van der Waals surface area contributed by atoms with Gasteiger partial charge in [-0.1, -0.05) is 23.7 Å². The lowest BCUT2D eigenvalue weighted by Crippen LogP contribution is -2.52. The molecule has 3 rings (SSSR count). The average Bonchev–Trinajstić information content (AvgIpc) is 2.91. The van der Waals surface area contributed by atoms with Crippen molar-refractivity contribution in [1.29, 1.82) is 0 Å². The number of hydrogen-bond acceptors (Lipinski definition) is 3. The Bertz CT molecular complexity index is 613. The minimum atomic E-state index is -0.301. The molecule has 1 aromatic carbocycles. The Morgan fingerprint density at radius 2 is 2.08 bits per heavy atom. The highest BCUT2D eigenvalue weighted by Crippen LogP contribution is 2.42. The van der Waals surface area contributed by atoms with Crippen LogP contribution in [0.4, 0.5) is 0 Å². The van der Waals surface area contributed by atoms with Crippen molar-refractivity contribution in [3.63, 3.8) is 0 Å². The van der Waals surface area contributed by atoms with E-state index in [2.05, 4.69) is 5.32 Å². The molecule has 1 saturated carbocycles. The highest BCUT2D eigenvalue weighted by molar-refractivity contribution is 6.30. The summed E-state index contributed by atoms with van der Waals surface area (Å²) in [6.07, 6.45) is 3.22. The molecular formula is C18H23ClN2O3. The van der Waals surface area contributed by atoms with Gasteiger partial charge >= 0.3 is 0 Å². The number of hydrogen-bond donors (Lipinski definition) is 1. The molecule has 1 aromatic rings. The number of halogens is 1. The van der Waals surface area contributed by atoms with Gasteiger partial charge in [-0.2, -0.15) is 0 Å². The first-order valence-electron chi connectivity index (χ1n) is 8.39. The van der Waals surface area contributed by atoms with E-state index in [9.17, 15) is 9.59 Å². The number of carbonyl (C=O) groups is 2. The summed E-state index contributed by atoms with van der Waals surface area (Å²) in [4.78, 5) is 26.5. The van der Waals surface area contributed by atoms with E-state index in [1.165, 1.54) is 0 Å². The summed E-state index contributed by atoms with van der Waals surface area (Å²) in [5.74, 6) is -0.279. The van der Waals surface area contributed by atoms with E-state index in [0.717, 1.165) is 24.8 Å². The van der Waals surface area contributed by atoms with Crippen LogP contribution in [-0.2, 0) is 19.9 Å². The maximum atomic E-state index is 12.7. The Hall–Kier alpha value is -1.59. The zero-order valence-electron chi connectivity index (χ0n) is 13.9. The van der Waals surface area contributed by atoms with Gasteiger partial charge in [0.2, 0.25) is 11.8 Å². The van der Waals surface area contributed by atoms with E-state index >= 15 is 0 Å². The van der Waals surface area contributed by atoms with Crippen molar-refractivity contribution in [1.82, 2.24) is 10.2 Å². The maximum absolute atomic E-state index is 12.7. The van der Waals surface area contributed by atoms with E-state index in [1.54, 1.807) is 12.0 Å². The van der Waals surface area contributed by atoms with E-state index < -0.39 is 0 Å². The Labute approximate surface area is 147 Å². The zero-order valence-corrected chi connectivity index (χ0v) is 14.6. The number of methoxy groups -OCH3 is 1. The molecule has 1 atom stereocenters. The highest BCUT2D eigenvalue weighted by Gasteiger charge is 2.43. The average molecular weight is 351 g/mol. The highest BCUT2D eigenvalue weighted by atomic mass is 35.5. The Morgan fingerprint density at radius 1 is 1.38 bits per heavy atom. The van der Waals surface area contributed by atoms with Gasteiger partial charge in [-0.05, 0) is 37.0 Å². The summed E-state index contributed by atoms with van der Waals surface area (Å²) < 4.78 is 5.02. The Kier molecular flexibility index (Phi) is 5.11. The molecule has 6 heteroatoms. The molecule has 5 nitrogen and oxygen atoms in total. The fraction of sp³-hybridized carbons (Fsp3) is 0.556. The first kappa shape index (κ1) is 17.2. The lowest BCUT2D eigenvalue weighted by molar-refractivity contribution is -0.130. The fourth-order valence-corrected chi connectivity index (χ4v) is 3.61. The van der Waals surface area contributed by atoms with Gasteiger partial charge in [0.1, 0.15) is 0 Å². The molecule has 2 aliphatic rings. The molecule has 2 amide bonds. The van der Waals surface area contributed by atoms with E-state index in [-0.39, 0.29) is 29.7 Å². The summed E-state index contributed by atoms with van der Waals surface area (Å²) in [6.45, 7) is 1.51. The van der Waals surface area contributed by atoms with Gasteiger partial charge in [-0.3, -0.25) is 9.59 Å². The third-order valence-electron chi connectivity index (χ3n) is 5.12. The largest absolute Gasteiger partial charge is 0.383 e. The fourth-order valence-electron chi connectivity index (χ4n) is 3.49. The van der Waals surface area contributed by atoms with Crippen LogP contribution in [0.1, 0.15) is 31.2 Å². The van der Waals surface area contributed by atoms with Crippen molar-refractivity contribution in [3.05, 3.63) is 34.9 Å². The minimum Gasteiger partial charge on any atom is -0.383 e. The Balaban J connectivity index is 1.65. The third-order valence-corrected chi connectivity index (χ3v) is 5.37. The van der Waals surface area contributed by atoms with Crippen molar-refractivity contribution < 1.29 is 14.3 Å². The monoisotopic (exact) mass is 350 g/mol. The van der Waals surface area contributed by atoms with Crippen LogP contribution in [0.15, 0.2) is 24.3 Å². The predicted molar refractivity (Wildman–Crippen MR) is 91.7 cm³/mol.